The fourth-order valence-corrected chi connectivity index (χ4v) is 4.48. The number of hydrogen-bond acceptors (Lipinski definition) is 3. The molecule has 1 saturated heterocycles. The number of halogens is 1. The number of anilines is 1. The Balaban J connectivity index is 1.85. The van der Waals surface area contributed by atoms with Gasteiger partial charge in [0.05, 0.1) is 13.2 Å². The highest BCUT2D eigenvalue weighted by Crippen LogP contribution is 2.50. The Morgan fingerprint density at radius 3 is 2.58 bits per heavy atom. The summed E-state index contributed by atoms with van der Waals surface area (Å²) in [5.41, 5.74) is 3.19. The van der Waals surface area contributed by atoms with Crippen LogP contribution in [0.1, 0.15) is 36.1 Å². The molecule has 2 heterocycles. The van der Waals surface area contributed by atoms with Crippen LogP contribution in [-0.4, -0.2) is 18.9 Å². The molecule has 1 N–H and O–H groups in total. The maximum atomic E-state index is 13.0. The lowest BCUT2D eigenvalue weighted by Gasteiger charge is -2.50. The van der Waals surface area contributed by atoms with Crippen LogP contribution in [0.3, 0.4) is 0 Å². The molecule has 0 aromatic heterocycles. The highest BCUT2D eigenvalue weighted by atomic mass is 79.9. The van der Waals surface area contributed by atoms with Crippen LogP contribution >= 0.6 is 15.9 Å². The summed E-state index contributed by atoms with van der Waals surface area (Å²) in [6.07, 6.45) is 0.651. The van der Waals surface area contributed by atoms with Crippen LogP contribution in [0, 0.1) is 13.8 Å². The molecular formula is C20H21BrN2O3. The number of aryl methyl sites for hydroxylation is 2. The van der Waals surface area contributed by atoms with Gasteiger partial charge in [-0.25, -0.2) is 4.79 Å². The van der Waals surface area contributed by atoms with Crippen molar-refractivity contribution in [3.05, 3.63) is 51.5 Å². The van der Waals surface area contributed by atoms with Gasteiger partial charge in [0.2, 0.25) is 0 Å². The number of benzene rings is 2. The summed E-state index contributed by atoms with van der Waals surface area (Å²) < 4.78 is 12.8. The van der Waals surface area contributed by atoms with Gasteiger partial charge in [-0.1, -0.05) is 22.0 Å². The van der Waals surface area contributed by atoms with Gasteiger partial charge in [0.15, 0.2) is 17.2 Å². The minimum absolute atomic E-state index is 0.121. The van der Waals surface area contributed by atoms with Crippen molar-refractivity contribution in [1.82, 2.24) is 5.32 Å². The monoisotopic (exact) mass is 416 g/mol. The fourth-order valence-electron chi connectivity index (χ4n) is 4.02. The number of nitrogens with one attached hydrogen (secondary N) is 1. The van der Waals surface area contributed by atoms with E-state index in [9.17, 15) is 4.79 Å². The molecule has 6 heteroatoms. The largest absolute Gasteiger partial charge is 0.493 e. The van der Waals surface area contributed by atoms with Crippen molar-refractivity contribution in [2.45, 2.75) is 39.0 Å². The molecule has 0 spiro atoms. The molecule has 5 nitrogen and oxygen atoms in total. The molecule has 2 bridgehead atoms. The molecule has 0 aliphatic carbocycles. The maximum absolute atomic E-state index is 13.0. The Hall–Kier alpha value is -2.21. The highest BCUT2D eigenvalue weighted by Gasteiger charge is 2.50. The zero-order valence-corrected chi connectivity index (χ0v) is 16.8. The Bertz CT molecular complexity index is 894. The quantitative estimate of drug-likeness (QED) is 0.761. The average molecular weight is 417 g/mol. The molecule has 2 atom stereocenters. The lowest BCUT2D eigenvalue weighted by Crippen LogP contribution is -2.65. The van der Waals surface area contributed by atoms with Gasteiger partial charge in [0.1, 0.15) is 0 Å². The first-order chi connectivity index (χ1) is 12.3. The number of urea groups is 1. The second kappa shape index (κ2) is 5.91. The second-order valence-electron chi connectivity index (χ2n) is 7.19. The first kappa shape index (κ1) is 17.2. The van der Waals surface area contributed by atoms with Crippen LogP contribution in [0.4, 0.5) is 10.5 Å². The number of ether oxygens (including phenoxy) is 2. The Labute approximate surface area is 161 Å². The Morgan fingerprint density at radius 1 is 1.23 bits per heavy atom. The molecule has 4 rings (SSSR count). The summed E-state index contributed by atoms with van der Waals surface area (Å²) in [5, 5.41) is 3.13. The Morgan fingerprint density at radius 2 is 1.92 bits per heavy atom. The number of carbonyl (C=O) groups excluding carboxylic acids is 1. The maximum Gasteiger partial charge on any atom is 0.325 e. The van der Waals surface area contributed by atoms with Crippen molar-refractivity contribution in [2.24, 2.45) is 0 Å². The standard InChI is InChI=1S/C20H21BrN2O3/c1-11-5-12(2)7-14(6-11)23-19(24)22-16-10-20(23,3)26-18-15(16)8-13(21)9-17(18)25-4/h5-9,16H,10H2,1-4H3,(H,22,24)/t16-,20+/m1/s1. The predicted octanol–water partition coefficient (Wildman–Crippen LogP) is 4.84. The number of carbonyl (C=O) groups is 1. The van der Waals surface area contributed by atoms with Crippen molar-refractivity contribution >= 4 is 27.6 Å². The van der Waals surface area contributed by atoms with E-state index in [4.69, 9.17) is 9.47 Å². The molecule has 0 unspecified atom stereocenters. The first-order valence-electron chi connectivity index (χ1n) is 8.56. The summed E-state index contributed by atoms with van der Waals surface area (Å²) in [6, 6.07) is 9.70. The van der Waals surface area contributed by atoms with Gasteiger partial charge in [-0.3, -0.25) is 4.90 Å². The molecular weight excluding hydrogens is 396 g/mol. The average Bonchev–Trinajstić information content (AvgIpc) is 2.53. The molecule has 2 aromatic rings. The minimum Gasteiger partial charge on any atom is -0.493 e. The van der Waals surface area contributed by atoms with Gasteiger partial charge in [-0.05, 0) is 56.2 Å². The summed E-state index contributed by atoms with van der Waals surface area (Å²) >= 11 is 3.51. The second-order valence-corrected chi connectivity index (χ2v) is 8.11. The normalized spacial score (nSPS) is 23.8. The van der Waals surface area contributed by atoms with E-state index in [1.165, 1.54) is 0 Å². The van der Waals surface area contributed by atoms with E-state index in [-0.39, 0.29) is 12.1 Å². The van der Waals surface area contributed by atoms with E-state index >= 15 is 0 Å². The summed E-state index contributed by atoms with van der Waals surface area (Å²) in [5.74, 6) is 1.34. The van der Waals surface area contributed by atoms with E-state index in [1.54, 1.807) is 12.0 Å². The van der Waals surface area contributed by atoms with Crippen LogP contribution in [0.5, 0.6) is 11.5 Å². The van der Waals surface area contributed by atoms with Gasteiger partial charge in [-0.2, -0.15) is 0 Å². The molecule has 26 heavy (non-hydrogen) atoms. The zero-order valence-electron chi connectivity index (χ0n) is 15.2. The minimum atomic E-state index is -0.790. The van der Waals surface area contributed by atoms with E-state index in [0.29, 0.717) is 17.9 Å². The van der Waals surface area contributed by atoms with E-state index in [2.05, 4.69) is 27.3 Å². The lowest BCUT2D eigenvalue weighted by molar-refractivity contribution is 0.0349. The third-order valence-electron chi connectivity index (χ3n) is 4.99. The van der Waals surface area contributed by atoms with Gasteiger partial charge < -0.3 is 14.8 Å². The van der Waals surface area contributed by atoms with Crippen molar-refractivity contribution in [1.29, 1.82) is 0 Å². The fraction of sp³-hybridized carbons (Fsp3) is 0.350. The topological polar surface area (TPSA) is 50.8 Å². The summed E-state index contributed by atoms with van der Waals surface area (Å²) in [6.45, 7) is 6.02. The summed E-state index contributed by atoms with van der Waals surface area (Å²) in [4.78, 5) is 14.7. The molecule has 2 aliphatic heterocycles. The molecule has 136 valence electrons. The van der Waals surface area contributed by atoms with Crippen molar-refractivity contribution < 1.29 is 14.3 Å². The SMILES string of the molecule is COc1cc(Br)cc2c1O[C@@]1(C)C[C@H]2NC(=O)N1c1cc(C)cc(C)c1. The number of nitrogens with zero attached hydrogens (tertiary/aromatic N) is 1. The number of amides is 2. The first-order valence-corrected chi connectivity index (χ1v) is 9.35. The number of hydrogen-bond donors (Lipinski definition) is 1. The molecule has 1 fully saturated rings. The van der Waals surface area contributed by atoms with Crippen LogP contribution in [0.15, 0.2) is 34.8 Å². The highest BCUT2D eigenvalue weighted by molar-refractivity contribution is 9.10. The molecule has 0 radical (unpaired) electrons. The lowest BCUT2D eigenvalue weighted by atomic mass is 9.89. The van der Waals surface area contributed by atoms with Crippen molar-refractivity contribution in [3.63, 3.8) is 0 Å². The summed E-state index contributed by atoms with van der Waals surface area (Å²) in [7, 11) is 1.62. The van der Waals surface area contributed by atoms with Crippen LogP contribution in [0.25, 0.3) is 0 Å². The Kier molecular flexibility index (Phi) is 3.91. The van der Waals surface area contributed by atoms with Crippen LogP contribution < -0.4 is 19.7 Å². The van der Waals surface area contributed by atoms with Crippen LogP contribution in [-0.2, 0) is 0 Å². The number of fused-ring (bicyclic) bond motifs is 4. The van der Waals surface area contributed by atoms with E-state index in [1.807, 2.05) is 45.0 Å². The smallest absolute Gasteiger partial charge is 0.325 e. The molecule has 2 aliphatic rings. The van der Waals surface area contributed by atoms with Gasteiger partial charge in [0, 0.05) is 22.1 Å². The number of methoxy groups -OCH3 is 1. The third-order valence-corrected chi connectivity index (χ3v) is 5.44. The van der Waals surface area contributed by atoms with Gasteiger partial charge in [0.25, 0.3) is 0 Å². The van der Waals surface area contributed by atoms with Crippen LogP contribution in [0.2, 0.25) is 0 Å². The van der Waals surface area contributed by atoms with Gasteiger partial charge in [-0.15, -0.1) is 0 Å². The van der Waals surface area contributed by atoms with E-state index in [0.717, 1.165) is 26.9 Å². The van der Waals surface area contributed by atoms with Crippen molar-refractivity contribution in [3.8, 4) is 11.5 Å². The third kappa shape index (κ3) is 2.63. The molecule has 2 aromatic carbocycles. The zero-order chi connectivity index (χ0) is 18.6. The molecule has 2 amide bonds. The van der Waals surface area contributed by atoms with Gasteiger partial charge >= 0.3 is 6.03 Å². The predicted molar refractivity (Wildman–Crippen MR) is 104 cm³/mol. The number of rotatable bonds is 2. The molecule has 0 saturated carbocycles. The van der Waals surface area contributed by atoms with E-state index < -0.39 is 5.72 Å². The van der Waals surface area contributed by atoms with Crippen molar-refractivity contribution in [2.75, 3.05) is 12.0 Å².